The Kier molecular flexibility index (Phi) is 13.6. The van der Waals surface area contributed by atoms with E-state index in [0.29, 0.717) is 45.3 Å². The molecule has 178 valence electrons. The molecule has 1 aromatic carbocycles. The lowest BCUT2D eigenvalue weighted by Crippen LogP contribution is -2.35. The second kappa shape index (κ2) is 15.0. The van der Waals surface area contributed by atoms with E-state index in [1.54, 1.807) is 23.9 Å². The van der Waals surface area contributed by atoms with Crippen LogP contribution < -0.4 is 17.0 Å². The number of nitrogens with zero attached hydrogens (tertiary/aromatic N) is 2. The topological polar surface area (TPSA) is 142 Å². The van der Waals surface area contributed by atoms with Crippen LogP contribution in [0.2, 0.25) is 0 Å². The van der Waals surface area contributed by atoms with Crippen molar-refractivity contribution < 1.29 is 19.5 Å². The number of nitrogens with one attached hydrogen (secondary N) is 1. The van der Waals surface area contributed by atoms with Crippen LogP contribution in [0.15, 0.2) is 24.3 Å². The summed E-state index contributed by atoms with van der Waals surface area (Å²) in [5.74, 6) is 10.6. The zero-order valence-electron chi connectivity index (χ0n) is 19.5. The summed E-state index contributed by atoms with van der Waals surface area (Å²) in [5, 5.41) is 12.0. The predicted octanol–water partition coefficient (Wildman–Crippen LogP) is 0.207. The average Bonchev–Trinajstić information content (AvgIpc) is 3.20. The van der Waals surface area contributed by atoms with Crippen molar-refractivity contribution in [3.63, 3.8) is 0 Å². The second-order valence-corrected chi connectivity index (χ2v) is 8.43. The maximum Gasteiger partial charge on any atom is 0.223 e. The Balaban J connectivity index is 0.000000595. The van der Waals surface area contributed by atoms with Crippen molar-refractivity contribution in [2.45, 2.75) is 45.8 Å². The number of β-amino-alcohol motifs (C(OH)–C–C–N with tert-alkyl or cyclic N) is 1. The minimum absolute atomic E-state index is 0.0307. The molecule has 0 aromatic heterocycles. The third-order valence-electron chi connectivity index (χ3n) is 4.78. The largest absolute Gasteiger partial charge is 0.391 e. The number of rotatable bonds is 7. The van der Waals surface area contributed by atoms with Crippen LogP contribution in [0.5, 0.6) is 0 Å². The summed E-state index contributed by atoms with van der Waals surface area (Å²) in [6.45, 7) is 5.46. The van der Waals surface area contributed by atoms with E-state index in [2.05, 4.69) is 22.9 Å². The zero-order chi connectivity index (χ0) is 24.7. The number of hydrazine groups is 1. The van der Waals surface area contributed by atoms with E-state index in [1.165, 1.54) is 0 Å². The first-order chi connectivity index (χ1) is 15.1. The molecule has 0 saturated carbocycles. The van der Waals surface area contributed by atoms with E-state index in [4.69, 9.17) is 6.42 Å². The van der Waals surface area contributed by atoms with Crippen LogP contribution in [0.4, 0.5) is 0 Å². The fourth-order valence-electron chi connectivity index (χ4n) is 3.00. The maximum atomic E-state index is 12.0. The van der Waals surface area contributed by atoms with Gasteiger partial charge in [-0.05, 0) is 29.5 Å². The first-order valence-electron chi connectivity index (χ1n) is 10.3. The molecule has 6 N–H and O–H groups in total. The molecule has 9 heteroatoms. The van der Waals surface area contributed by atoms with E-state index in [9.17, 15) is 19.5 Å². The lowest BCUT2D eigenvalue weighted by atomic mass is 9.84. The fourth-order valence-corrected chi connectivity index (χ4v) is 3.00. The van der Waals surface area contributed by atoms with Crippen LogP contribution in [-0.2, 0) is 20.9 Å². The molecule has 0 radical (unpaired) electrons. The van der Waals surface area contributed by atoms with Crippen LogP contribution in [0.3, 0.4) is 0 Å². The highest BCUT2D eigenvalue weighted by Gasteiger charge is 2.31. The third kappa shape index (κ3) is 11.5. The minimum atomic E-state index is -0.388. The van der Waals surface area contributed by atoms with Crippen molar-refractivity contribution in [1.29, 1.82) is 0 Å². The first-order valence-corrected chi connectivity index (χ1v) is 10.3. The lowest BCUT2D eigenvalue weighted by molar-refractivity contribution is -0.135. The van der Waals surface area contributed by atoms with Crippen molar-refractivity contribution in [2.75, 3.05) is 27.2 Å². The molecule has 1 aliphatic rings. The number of aliphatic hydroxyl groups is 1. The number of benzene rings is 1. The number of hydrogen-bond donors (Lipinski definition) is 4. The molecule has 3 amide bonds. The molecule has 1 unspecified atom stereocenters. The lowest BCUT2D eigenvalue weighted by Gasteiger charge is -2.27. The third-order valence-corrected chi connectivity index (χ3v) is 4.78. The normalized spacial score (nSPS) is 14.7. The van der Waals surface area contributed by atoms with Gasteiger partial charge in [0.05, 0.1) is 6.10 Å². The molecule has 32 heavy (non-hydrogen) atoms. The van der Waals surface area contributed by atoms with E-state index in [-0.39, 0.29) is 23.3 Å². The number of carbonyl (C=O) groups is 3. The molecule has 1 heterocycles. The maximum absolute atomic E-state index is 12.0. The van der Waals surface area contributed by atoms with Gasteiger partial charge in [0, 0.05) is 52.1 Å². The Bertz CT molecular complexity index is 757. The summed E-state index contributed by atoms with van der Waals surface area (Å²) in [7, 11) is 3.44. The SMILES string of the molecule is C#Cc1ccc(CNC=O)cc1.CN(C)C(=O)CC(C)(C)CC(=O)N1CCC(O)C1.NN. The standard InChI is InChI=1S/C13H24N2O3.C10H9NO.H4N2/c1-13(2,7-11(17)14(3)4)8-12(18)15-6-5-10(16)9-15;1-2-9-3-5-10(6-4-9)7-11-8-12;1-2/h10,16H,5-9H2,1-4H3;1,3-6,8H,7H2,(H,11,12);1-2H2. The number of hydrogen-bond acceptors (Lipinski definition) is 6. The Morgan fingerprint density at radius 2 is 1.88 bits per heavy atom. The molecular weight excluding hydrogens is 410 g/mol. The monoisotopic (exact) mass is 447 g/mol. The molecule has 9 nitrogen and oxygen atoms in total. The Morgan fingerprint density at radius 3 is 2.31 bits per heavy atom. The Hall–Kier alpha value is -2.93. The number of terminal acetylenes is 1. The zero-order valence-corrected chi connectivity index (χ0v) is 19.5. The van der Waals surface area contributed by atoms with Gasteiger partial charge in [0.2, 0.25) is 18.2 Å². The van der Waals surface area contributed by atoms with Crippen LogP contribution in [0.25, 0.3) is 0 Å². The van der Waals surface area contributed by atoms with Crippen LogP contribution >= 0.6 is 0 Å². The number of aliphatic hydroxyl groups excluding tert-OH is 1. The molecule has 1 fully saturated rings. The highest BCUT2D eigenvalue weighted by molar-refractivity contribution is 5.80. The van der Waals surface area contributed by atoms with Gasteiger partial charge in [-0.3, -0.25) is 26.1 Å². The van der Waals surface area contributed by atoms with E-state index in [0.717, 1.165) is 11.1 Å². The first kappa shape index (κ1) is 29.1. The predicted molar refractivity (Wildman–Crippen MR) is 125 cm³/mol. The molecule has 1 aromatic rings. The number of nitrogens with two attached hydrogens (primary N) is 2. The fraction of sp³-hybridized carbons (Fsp3) is 0.522. The molecule has 1 aliphatic heterocycles. The summed E-state index contributed by atoms with van der Waals surface area (Å²) < 4.78 is 0. The highest BCUT2D eigenvalue weighted by Crippen LogP contribution is 2.27. The van der Waals surface area contributed by atoms with E-state index >= 15 is 0 Å². The van der Waals surface area contributed by atoms with Gasteiger partial charge in [-0.1, -0.05) is 31.9 Å². The van der Waals surface area contributed by atoms with Crippen LogP contribution in [0, 0.1) is 17.8 Å². The molecule has 2 rings (SSSR count). The Morgan fingerprint density at radius 1 is 1.28 bits per heavy atom. The van der Waals surface area contributed by atoms with Gasteiger partial charge < -0.3 is 20.2 Å². The van der Waals surface area contributed by atoms with Gasteiger partial charge in [0.25, 0.3) is 0 Å². The summed E-state index contributed by atoms with van der Waals surface area (Å²) in [5.41, 5.74) is 1.55. The number of amides is 3. The number of likely N-dealkylation sites (tertiary alicyclic amines) is 1. The number of carbonyl (C=O) groups excluding carboxylic acids is 3. The summed E-state index contributed by atoms with van der Waals surface area (Å²) >= 11 is 0. The van der Waals surface area contributed by atoms with Crippen LogP contribution in [0.1, 0.15) is 44.2 Å². The molecule has 0 bridgehead atoms. The van der Waals surface area contributed by atoms with Crippen molar-refractivity contribution in [3.8, 4) is 12.3 Å². The molecular formula is C23H37N5O4. The summed E-state index contributed by atoms with van der Waals surface area (Å²) in [4.78, 5) is 36.9. The minimum Gasteiger partial charge on any atom is -0.391 e. The quantitative estimate of drug-likeness (QED) is 0.204. The summed E-state index contributed by atoms with van der Waals surface area (Å²) in [6.07, 6.45) is 6.83. The van der Waals surface area contributed by atoms with E-state index < -0.39 is 0 Å². The van der Waals surface area contributed by atoms with Crippen molar-refractivity contribution >= 4 is 18.2 Å². The van der Waals surface area contributed by atoms with Gasteiger partial charge in [-0.15, -0.1) is 6.42 Å². The van der Waals surface area contributed by atoms with Crippen molar-refractivity contribution in [1.82, 2.24) is 15.1 Å². The van der Waals surface area contributed by atoms with E-state index in [1.807, 2.05) is 38.1 Å². The second-order valence-electron chi connectivity index (χ2n) is 8.43. The Labute approximate surface area is 191 Å². The van der Waals surface area contributed by atoms with Crippen molar-refractivity contribution in [3.05, 3.63) is 35.4 Å². The highest BCUT2D eigenvalue weighted by atomic mass is 16.3. The molecule has 0 aliphatic carbocycles. The van der Waals surface area contributed by atoms with Gasteiger partial charge in [0.15, 0.2) is 0 Å². The van der Waals surface area contributed by atoms with Gasteiger partial charge in [0.1, 0.15) is 0 Å². The molecule has 1 saturated heterocycles. The average molecular weight is 448 g/mol. The molecule has 0 spiro atoms. The van der Waals surface area contributed by atoms with Gasteiger partial charge in [-0.2, -0.15) is 0 Å². The van der Waals surface area contributed by atoms with Gasteiger partial charge in [-0.25, -0.2) is 0 Å². The van der Waals surface area contributed by atoms with Crippen LogP contribution in [-0.4, -0.2) is 66.4 Å². The smallest absolute Gasteiger partial charge is 0.223 e. The molecule has 1 atom stereocenters. The van der Waals surface area contributed by atoms with Crippen molar-refractivity contribution in [2.24, 2.45) is 17.1 Å². The van der Waals surface area contributed by atoms with Gasteiger partial charge >= 0.3 is 0 Å². The summed E-state index contributed by atoms with van der Waals surface area (Å²) in [6, 6.07) is 7.49.